The molecule has 6 heteroatoms. The van der Waals surface area contributed by atoms with Crippen molar-refractivity contribution < 1.29 is 22.7 Å². The largest absolute Gasteiger partial charge is 0.456 e. The fourth-order valence-corrected chi connectivity index (χ4v) is 2.04. The highest BCUT2D eigenvalue weighted by Gasteiger charge is 2.33. The number of hydrogen-bond donors (Lipinski definition) is 0. The van der Waals surface area contributed by atoms with Gasteiger partial charge in [0.2, 0.25) is 0 Å². The fraction of sp³-hybridized carbons (Fsp3) is 0.133. The quantitative estimate of drug-likeness (QED) is 0.721. The summed E-state index contributed by atoms with van der Waals surface area (Å²) in [5, 5.41) is 0.294. The third kappa shape index (κ3) is 3.55. The normalized spacial score (nSPS) is 11.3. The van der Waals surface area contributed by atoms with Gasteiger partial charge in [0.1, 0.15) is 11.5 Å². The fourth-order valence-electron chi connectivity index (χ4n) is 1.76. The van der Waals surface area contributed by atoms with Crippen LogP contribution in [0.2, 0.25) is 5.02 Å². The summed E-state index contributed by atoms with van der Waals surface area (Å²) in [6.07, 6.45) is -4.47. The molecule has 0 radical (unpaired) electrons. The van der Waals surface area contributed by atoms with E-state index < -0.39 is 17.3 Å². The predicted molar refractivity (Wildman–Crippen MR) is 73.1 cm³/mol. The van der Waals surface area contributed by atoms with Crippen LogP contribution in [0.3, 0.4) is 0 Å². The maximum atomic E-state index is 12.8. The molecule has 0 saturated carbocycles. The number of carbonyl (C=O) groups excluding carboxylic acids is 1. The van der Waals surface area contributed by atoms with Crippen molar-refractivity contribution in [3.8, 4) is 11.5 Å². The van der Waals surface area contributed by atoms with Crippen LogP contribution in [0.15, 0.2) is 36.4 Å². The summed E-state index contributed by atoms with van der Waals surface area (Å²) in [4.78, 5) is 10.7. The Morgan fingerprint density at radius 1 is 1.14 bits per heavy atom. The molecule has 0 saturated heterocycles. The number of alkyl halides is 3. The highest BCUT2D eigenvalue weighted by molar-refractivity contribution is 6.32. The van der Waals surface area contributed by atoms with Crippen molar-refractivity contribution in [3.63, 3.8) is 0 Å². The van der Waals surface area contributed by atoms with Gasteiger partial charge in [-0.25, -0.2) is 0 Å². The van der Waals surface area contributed by atoms with Gasteiger partial charge in [-0.1, -0.05) is 17.7 Å². The van der Waals surface area contributed by atoms with Crippen molar-refractivity contribution in [1.82, 2.24) is 0 Å². The molecular weight excluding hydrogens is 305 g/mol. The molecule has 2 aromatic carbocycles. The van der Waals surface area contributed by atoms with Gasteiger partial charge in [0, 0.05) is 5.56 Å². The molecule has 0 atom stereocenters. The number of benzene rings is 2. The van der Waals surface area contributed by atoms with Gasteiger partial charge in [-0.15, -0.1) is 0 Å². The minimum absolute atomic E-state index is 0.0429. The maximum absolute atomic E-state index is 12.8. The summed E-state index contributed by atoms with van der Waals surface area (Å²) in [5.41, 5.74) is -0.581. The highest BCUT2D eigenvalue weighted by Crippen LogP contribution is 2.36. The zero-order chi connectivity index (χ0) is 15.6. The molecule has 0 spiro atoms. The number of rotatable bonds is 3. The van der Waals surface area contributed by atoms with Gasteiger partial charge in [-0.2, -0.15) is 13.2 Å². The van der Waals surface area contributed by atoms with Gasteiger partial charge >= 0.3 is 6.18 Å². The van der Waals surface area contributed by atoms with Crippen LogP contribution < -0.4 is 4.74 Å². The summed E-state index contributed by atoms with van der Waals surface area (Å²) in [6, 6.07) is 8.06. The Bertz CT molecular complexity index is 681. The molecule has 0 fully saturated rings. The van der Waals surface area contributed by atoms with Gasteiger partial charge in [0.05, 0.1) is 10.6 Å². The van der Waals surface area contributed by atoms with Crippen LogP contribution >= 0.6 is 11.6 Å². The highest BCUT2D eigenvalue weighted by atomic mass is 35.5. The molecule has 0 aliphatic heterocycles. The van der Waals surface area contributed by atoms with E-state index >= 15 is 0 Å². The topological polar surface area (TPSA) is 26.3 Å². The van der Waals surface area contributed by atoms with Crippen LogP contribution in [0.1, 0.15) is 21.5 Å². The summed E-state index contributed by atoms with van der Waals surface area (Å²) in [7, 11) is 0. The van der Waals surface area contributed by atoms with Crippen molar-refractivity contribution >= 4 is 17.9 Å². The molecule has 0 heterocycles. The zero-order valence-electron chi connectivity index (χ0n) is 10.9. The lowest BCUT2D eigenvalue weighted by Gasteiger charge is -2.13. The maximum Gasteiger partial charge on any atom is 0.417 e. The van der Waals surface area contributed by atoms with Crippen molar-refractivity contribution in [2.75, 3.05) is 0 Å². The number of carbonyl (C=O) groups is 1. The predicted octanol–water partition coefficient (Wildman–Crippen LogP) is 5.27. The molecule has 21 heavy (non-hydrogen) atoms. The van der Waals surface area contributed by atoms with Crippen LogP contribution in [0.5, 0.6) is 11.5 Å². The standard InChI is InChI=1S/C15H10ClF3O2/c1-9-2-5-14(13(16)6-9)21-11-4-3-10(8-20)12(7-11)15(17,18)19/h2-8H,1H3. The first-order chi connectivity index (χ1) is 9.81. The average Bonchev–Trinajstić information content (AvgIpc) is 2.41. The Labute approximate surface area is 124 Å². The number of hydrogen-bond acceptors (Lipinski definition) is 2. The van der Waals surface area contributed by atoms with Crippen LogP contribution in [0.25, 0.3) is 0 Å². The average molecular weight is 315 g/mol. The first-order valence-electron chi connectivity index (χ1n) is 5.91. The van der Waals surface area contributed by atoms with Crippen molar-refractivity contribution in [3.05, 3.63) is 58.1 Å². The van der Waals surface area contributed by atoms with E-state index in [0.29, 0.717) is 5.02 Å². The Kier molecular flexibility index (Phi) is 4.23. The first kappa shape index (κ1) is 15.4. The number of ether oxygens (including phenoxy) is 1. The zero-order valence-corrected chi connectivity index (χ0v) is 11.6. The van der Waals surface area contributed by atoms with E-state index in [9.17, 15) is 18.0 Å². The van der Waals surface area contributed by atoms with Gasteiger partial charge in [0.25, 0.3) is 0 Å². The Hall–Kier alpha value is -2.01. The van der Waals surface area contributed by atoms with Gasteiger partial charge in [-0.05, 0) is 42.8 Å². The van der Waals surface area contributed by atoms with Gasteiger partial charge in [0.15, 0.2) is 6.29 Å². The van der Waals surface area contributed by atoms with Crippen molar-refractivity contribution in [1.29, 1.82) is 0 Å². The first-order valence-corrected chi connectivity index (χ1v) is 6.29. The van der Waals surface area contributed by atoms with Crippen molar-refractivity contribution in [2.24, 2.45) is 0 Å². The van der Waals surface area contributed by atoms with E-state index in [2.05, 4.69) is 0 Å². The minimum Gasteiger partial charge on any atom is -0.456 e. The summed E-state index contributed by atoms with van der Waals surface area (Å²) >= 11 is 5.96. The van der Waals surface area contributed by atoms with Crippen LogP contribution in [0.4, 0.5) is 13.2 Å². The lowest BCUT2D eigenvalue weighted by molar-refractivity contribution is -0.137. The number of halogens is 4. The van der Waals surface area contributed by atoms with Gasteiger partial charge in [-0.3, -0.25) is 4.79 Å². The molecular formula is C15H10ClF3O2. The third-order valence-electron chi connectivity index (χ3n) is 2.77. The van der Waals surface area contributed by atoms with Crippen LogP contribution in [-0.4, -0.2) is 6.29 Å². The van der Waals surface area contributed by atoms with E-state index in [4.69, 9.17) is 16.3 Å². The SMILES string of the molecule is Cc1ccc(Oc2ccc(C=O)c(C(F)(F)F)c2)c(Cl)c1. The van der Waals surface area contributed by atoms with E-state index in [1.807, 2.05) is 6.92 Å². The summed E-state index contributed by atoms with van der Waals surface area (Å²) in [5.74, 6) is 0.202. The lowest BCUT2D eigenvalue weighted by atomic mass is 10.1. The van der Waals surface area contributed by atoms with E-state index in [-0.39, 0.29) is 17.8 Å². The van der Waals surface area contributed by atoms with Crippen molar-refractivity contribution in [2.45, 2.75) is 13.1 Å². The molecule has 0 aromatic heterocycles. The smallest absolute Gasteiger partial charge is 0.417 e. The van der Waals surface area contributed by atoms with Gasteiger partial charge < -0.3 is 4.74 Å². The number of aryl methyl sites for hydroxylation is 1. The monoisotopic (exact) mass is 314 g/mol. The Morgan fingerprint density at radius 2 is 1.86 bits per heavy atom. The third-order valence-corrected chi connectivity index (χ3v) is 3.07. The van der Waals surface area contributed by atoms with E-state index in [0.717, 1.165) is 17.7 Å². The molecule has 0 unspecified atom stereocenters. The van der Waals surface area contributed by atoms with Crippen LogP contribution in [-0.2, 0) is 6.18 Å². The second-order valence-electron chi connectivity index (χ2n) is 4.40. The Balaban J connectivity index is 2.39. The molecule has 2 aromatic rings. The molecule has 0 aliphatic rings. The summed E-state index contributed by atoms with van der Waals surface area (Å²) in [6.45, 7) is 1.83. The molecule has 0 bridgehead atoms. The minimum atomic E-state index is -4.63. The molecule has 110 valence electrons. The molecule has 0 aliphatic carbocycles. The lowest BCUT2D eigenvalue weighted by Crippen LogP contribution is -2.09. The van der Waals surface area contributed by atoms with Crippen LogP contribution in [0, 0.1) is 6.92 Å². The second kappa shape index (κ2) is 5.77. The molecule has 2 nitrogen and oxygen atoms in total. The van der Waals surface area contributed by atoms with E-state index in [1.165, 1.54) is 6.07 Å². The second-order valence-corrected chi connectivity index (χ2v) is 4.81. The summed E-state index contributed by atoms with van der Waals surface area (Å²) < 4.78 is 43.9. The van der Waals surface area contributed by atoms with E-state index in [1.54, 1.807) is 18.2 Å². The molecule has 0 amide bonds. The molecule has 0 N–H and O–H groups in total. The number of aldehydes is 1. The Morgan fingerprint density at radius 3 is 2.43 bits per heavy atom. The molecule has 2 rings (SSSR count).